The van der Waals surface area contributed by atoms with Crippen molar-refractivity contribution in [3.63, 3.8) is 0 Å². The zero-order valence-corrected chi connectivity index (χ0v) is 12.5. The molecule has 0 bridgehead atoms. The Morgan fingerprint density at radius 2 is 2.22 bits per heavy atom. The van der Waals surface area contributed by atoms with Crippen LogP contribution in [0.2, 0.25) is 0 Å². The van der Waals surface area contributed by atoms with Crippen molar-refractivity contribution < 1.29 is 13.6 Å². The van der Waals surface area contributed by atoms with E-state index in [1.54, 1.807) is 14.0 Å². The van der Waals surface area contributed by atoms with Crippen LogP contribution in [0.15, 0.2) is 17.1 Å². The number of aryl methyl sites for hydroxylation is 1. The fraction of sp³-hybridized carbons (Fsp3) is 0.600. The third-order valence-corrected chi connectivity index (χ3v) is 4.27. The fourth-order valence-electron chi connectivity index (χ4n) is 1.13. The minimum atomic E-state index is -2.89. The first-order valence-electron chi connectivity index (χ1n) is 5.52. The van der Waals surface area contributed by atoms with Gasteiger partial charge < -0.3 is 4.52 Å². The molecule has 1 atom stereocenters. The Hall–Kier alpha value is -0.750. The highest BCUT2D eigenvalue weighted by Gasteiger charge is 2.24. The molecule has 1 rings (SSSR count). The molecule has 0 aliphatic heterocycles. The molecular formula is C10H17N2O4PS. The molecule has 1 heterocycles. The Morgan fingerprint density at radius 3 is 2.72 bits per heavy atom. The third kappa shape index (κ3) is 4.49. The van der Waals surface area contributed by atoms with Crippen molar-refractivity contribution in [2.24, 2.45) is 7.05 Å². The van der Waals surface area contributed by atoms with Crippen LogP contribution in [0.5, 0.6) is 5.75 Å². The lowest BCUT2D eigenvalue weighted by atomic mass is 10.5. The minimum Gasteiger partial charge on any atom is -0.422 e. The van der Waals surface area contributed by atoms with E-state index in [1.807, 2.05) is 13.8 Å². The van der Waals surface area contributed by atoms with Crippen LogP contribution < -0.4 is 10.1 Å². The van der Waals surface area contributed by atoms with E-state index in [9.17, 15) is 4.79 Å². The van der Waals surface area contributed by atoms with E-state index in [0.29, 0.717) is 6.61 Å². The van der Waals surface area contributed by atoms with Crippen molar-refractivity contribution in [2.45, 2.75) is 26.9 Å². The highest BCUT2D eigenvalue weighted by molar-refractivity contribution is 8.07. The average molecular weight is 292 g/mol. The highest BCUT2D eigenvalue weighted by Crippen LogP contribution is 2.50. The standard InChI is InChI=1S/C10H17N2O4PS/c1-5-14-17(18,15-8(2)3)16-9-6-10(13)12(4)11-7-9/h6-8H,5H2,1-4H3. The SMILES string of the molecule is CCOP(=S)(Oc1cnn(C)c(=O)c1)OC(C)C. The summed E-state index contributed by atoms with van der Waals surface area (Å²) >= 11 is 5.24. The molecular weight excluding hydrogens is 275 g/mol. The van der Waals surface area contributed by atoms with Crippen LogP contribution >= 0.6 is 6.72 Å². The average Bonchev–Trinajstić information content (AvgIpc) is 2.22. The van der Waals surface area contributed by atoms with E-state index in [4.69, 9.17) is 25.4 Å². The summed E-state index contributed by atoms with van der Waals surface area (Å²) in [5.74, 6) is 0.260. The van der Waals surface area contributed by atoms with Gasteiger partial charge in [0.05, 0.1) is 18.9 Å². The molecule has 0 aliphatic carbocycles. The Bertz CT molecular complexity index is 503. The number of aromatic nitrogens is 2. The van der Waals surface area contributed by atoms with Gasteiger partial charge in [0.25, 0.3) is 5.56 Å². The molecule has 0 aromatic carbocycles. The summed E-state index contributed by atoms with van der Waals surface area (Å²) in [4.78, 5) is 11.4. The van der Waals surface area contributed by atoms with E-state index in [0.717, 1.165) is 0 Å². The Balaban J connectivity index is 2.92. The van der Waals surface area contributed by atoms with Crippen LogP contribution in [0, 0.1) is 0 Å². The minimum absolute atomic E-state index is 0.123. The summed E-state index contributed by atoms with van der Waals surface area (Å²) in [6.07, 6.45) is 1.28. The number of hydrogen-bond acceptors (Lipinski definition) is 6. The Morgan fingerprint density at radius 1 is 1.56 bits per heavy atom. The van der Waals surface area contributed by atoms with Crippen LogP contribution in [0.3, 0.4) is 0 Å². The van der Waals surface area contributed by atoms with E-state index in [1.165, 1.54) is 16.9 Å². The van der Waals surface area contributed by atoms with Gasteiger partial charge in [0.15, 0.2) is 5.75 Å². The summed E-state index contributed by atoms with van der Waals surface area (Å²) in [5, 5.41) is 3.84. The Kier molecular flexibility index (Phi) is 5.47. The van der Waals surface area contributed by atoms with Gasteiger partial charge in [0.2, 0.25) is 0 Å². The molecule has 0 spiro atoms. The van der Waals surface area contributed by atoms with Gasteiger partial charge >= 0.3 is 6.72 Å². The van der Waals surface area contributed by atoms with Crippen LogP contribution in [0.1, 0.15) is 20.8 Å². The second kappa shape index (κ2) is 6.43. The zero-order valence-electron chi connectivity index (χ0n) is 10.8. The maximum Gasteiger partial charge on any atom is 0.380 e. The molecule has 18 heavy (non-hydrogen) atoms. The summed E-state index contributed by atoms with van der Waals surface area (Å²) in [7, 11) is 1.55. The first kappa shape index (κ1) is 15.3. The third-order valence-electron chi connectivity index (χ3n) is 1.79. The predicted molar refractivity (Wildman–Crippen MR) is 72.2 cm³/mol. The molecule has 102 valence electrons. The first-order chi connectivity index (χ1) is 8.36. The molecule has 8 heteroatoms. The largest absolute Gasteiger partial charge is 0.422 e. The molecule has 0 aliphatic rings. The van der Waals surface area contributed by atoms with Gasteiger partial charge in [-0.15, -0.1) is 0 Å². The molecule has 1 aromatic heterocycles. The van der Waals surface area contributed by atoms with Crippen LogP contribution in [-0.2, 0) is 27.9 Å². The van der Waals surface area contributed by atoms with E-state index in [2.05, 4.69) is 5.10 Å². The predicted octanol–water partition coefficient (Wildman–Crippen LogP) is 1.85. The molecule has 0 radical (unpaired) electrons. The second-order valence-corrected chi connectivity index (χ2v) is 6.65. The van der Waals surface area contributed by atoms with Crippen LogP contribution in [0.4, 0.5) is 0 Å². The monoisotopic (exact) mass is 292 g/mol. The van der Waals surface area contributed by atoms with E-state index in [-0.39, 0.29) is 17.4 Å². The van der Waals surface area contributed by atoms with Gasteiger partial charge in [0, 0.05) is 24.9 Å². The molecule has 0 amide bonds. The van der Waals surface area contributed by atoms with Crippen LogP contribution in [-0.4, -0.2) is 22.5 Å². The van der Waals surface area contributed by atoms with Gasteiger partial charge in [0.1, 0.15) is 0 Å². The summed E-state index contributed by atoms with van der Waals surface area (Å²) < 4.78 is 17.5. The summed E-state index contributed by atoms with van der Waals surface area (Å²) in [6, 6.07) is 1.30. The quantitative estimate of drug-likeness (QED) is 0.746. The fourth-order valence-corrected chi connectivity index (χ4v) is 3.56. The lowest BCUT2D eigenvalue weighted by Crippen LogP contribution is -2.18. The van der Waals surface area contributed by atoms with Gasteiger partial charge in [-0.05, 0) is 20.8 Å². The molecule has 0 fully saturated rings. The molecule has 1 unspecified atom stereocenters. The molecule has 0 saturated carbocycles. The molecule has 1 aromatic rings. The van der Waals surface area contributed by atoms with Gasteiger partial charge in [-0.3, -0.25) is 13.8 Å². The van der Waals surface area contributed by atoms with Crippen molar-refractivity contribution >= 4 is 18.5 Å². The smallest absolute Gasteiger partial charge is 0.380 e. The van der Waals surface area contributed by atoms with Gasteiger partial charge in [-0.25, -0.2) is 4.68 Å². The summed E-state index contributed by atoms with van der Waals surface area (Å²) in [5.41, 5.74) is -0.282. The number of nitrogens with zero attached hydrogens (tertiary/aromatic N) is 2. The highest BCUT2D eigenvalue weighted by atomic mass is 32.5. The summed E-state index contributed by atoms with van der Waals surface area (Å²) in [6.45, 7) is 2.97. The van der Waals surface area contributed by atoms with Crippen molar-refractivity contribution in [1.82, 2.24) is 9.78 Å². The van der Waals surface area contributed by atoms with Gasteiger partial charge in [-0.2, -0.15) is 5.10 Å². The van der Waals surface area contributed by atoms with Crippen molar-refractivity contribution in [2.75, 3.05) is 6.61 Å². The lowest BCUT2D eigenvalue weighted by Gasteiger charge is -2.23. The van der Waals surface area contributed by atoms with Crippen molar-refractivity contribution in [3.8, 4) is 5.75 Å². The van der Waals surface area contributed by atoms with Crippen molar-refractivity contribution in [3.05, 3.63) is 22.6 Å². The maximum absolute atomic E-state index is 11.4. The van der Waals surface area contributed by atoms with Crippen molar-refractivity contribution in [1.29, 1.82) is 0 Å². The van der Waals surface area contributed by atoms with E-state index < -0.39 is 6.72 Å². The topological polar surface area (TPSA) is 62.6 Å². The van der Waals surface area contributed by atoms with Crippen LogP contribution in [0.25, 0.3) is 0 Å². The second-order valence-electron chi connectivity index (χ2n) is 3.76. The molecule has 6 nitrogen and oxygen atoms in total. The molecule has 0 N–H and O–H groups in total. The molecule has 0 saturated heterocycles. The lowest BCUT2D eigenvalue weighted by molar-refractivity contribution is 0.171. The Labute approximate surface area is 111 Å². The van der Waals surface area contributed by atoms with Gasteiger partial charge in [-0.1, -0.05) is 0 Å². The number of hydrogen-bond donors (Lipinski definition) is 0. The first-order valence-corrected chi connectivity index (χ1v) is 8.08. The number of rotatable bonds is 6. The van der Waals surface area contributed by atoms with E-state index >= 15 is 0 Å². The maximum atomic E-state index is 11.4. The zero-order chi connectivity index (χ0) is 13.8. The normalized spacial score (nSPS) is 14.5.